The largest absolute Gasteiger partial charge is 0.424 e. The molecule has 0 unspecified atom stereocenters. The first-order valence-electron chi connectivity index (χ1n) is 4.29. The van der Waals surface area contributed by atoms with Crippen molar-refractivity contribution in [2.45, 2.75) is 6.92 Å². The average Bonchev–Trinajstić information content (AvgIpc) is 2.19. The van der Waals surface area contributed by atoms with E-state index in [1.54, 1.807) is 6.20 Å². The summed E-state index contributed by atoms with van der Waals surface area (Å²) < 4.78 is 5.42. The molecule has 69 valence electrons. The third-order valence-corrected chi connectivity index (χ3v) is 1.66. The Bertz CT molecular complexity index is 415. The molecule has 0 aliphatic rings. The van der Waals surface area contributed by atoms with E-state index in [9.17, 15) is 0 Å². The number of aryl methyl sites for hydroxylation is 1. The molecule has 0 atom stereocenters. The number of nitrogens with zero attached hydrogens (tertiary/aromatic N) is 2. The minimum Gasteiger partial charge on any atom is -0.424 e. The van der Waals surface area contributed by atoms with Gasteiger partial charge < -0.3 is 4.74 Å². The van der Waals surface area contributed by atoms with Gasteiger partial charge in [-0.1, -0.05) is 18.2 Å². The number of benzene rings is 1. The lowest BCUT2D eigenvalue weighted by Crippen LogP contribution is -1.92. The minimum absolute atomic E-state index is 0.354. The molecular weight excluding hydrogens is 176 g/mol. The van der Waals surface area contributed by atoms with Crippen LogP contribution in [0, 0.1) is 13.0 Å². The molecule has 2 rings (SSSR count). The highest BCUT2D eigenvalue weighted by molar-refractivity contribution is 5.24. The Hall–Kier alpha value is -1.90. The van der Waals surface area contributed by atoms with Crippen LogP contribution in [-0.2, 0) is 0 Å². The maximum Gasteiger partial charge on any atom is 0.322 e. The Morgan fingerprint density at radius 1 is 1.21 bits per heavy atom. The predicted molar refractivity (Wildman–Crippen MR) is 52.1 cm³/mol. The van der Waals surface area contributed by atoms with E-state index in [-0.39, 0.29) is 0 Å². The summed E-state index contributed by atoms with van der Waals surface area (Å²) in [5.41, 5.74) is 0.769. The number of aromatic nitrogens is 2. The molecule has 3 heteroatoms. The van der Waals surface area contributed by atoms with Gasteiger partial charge in [0.15, 0.2) is 0 Å². The second-order valence-corrected chi connectivity index (χ2v) is 2.80. The molecule has 0 aliphatic carbocycles. The van der Waals surface area contributed by atoms with Crippen LogP contribution in [0.2, 0.25) is 0 Å². The summed E-state index contributed by atoms with van der Waals surface area (Å²) in [5, 5.41) is 0. The molecule has 0 N–H and O–H groups in total. The number of rotatable bonds is 2. The van der Waals surface area contributed by atoms with Gasteiger partial charge >= 0.3 is 6.01 Å². The predicted octanol–water partition coefficient (Wildman–Crippen LogP) is 2.38. The normalized spacial score (nSPS) is 9.79. The molecule has 3 nitrogen and oxygen atoms in total. The van der Waals surface area contributed by atoms with E-state index in [4.69, 9.17) is 4.74 Å². The maximum absolute atomic E-state index is 5.42. The van der Waals surface area contributed by atoms with Crippen LogP contribution in [0.25, 0.3) is 0 Å². The molecule has 1 aromatic carbocycles. The first-order chi connectivity index (χ1) is 6.84. The van der Waals surface area contributed by atoms with Gasteiger partial charge in [-0.05, 0) is 19.1 Å². The van der Waals surface area contributed by atoms with E-state index in [1.165, 1.54) is 0 Å². The molecule has 1 radical (unpaired) electrons. The summed E-state index contributed by atoms with van der Waals surface area (Å²) in [7, 11) is 0. The molecule has 0 aliphatic heterocycles. The first-order valence-corrected chi connectivity index (χ1v) is 4.29. The van der Waals surface area contributed by atoms with Crippen LogP contribution >= 0.6 is 0 Å². The smallest absolute Gasteiger partial charge is 0.322 e. The van der Waals surface area contributed by atoms with Crippen molar-refractivity contribution in [2.75, 3.05) is 0 Å². The van der Waals surface area contributed by atoms with Crippen molar-refractivity contribution >= 4 is 0 Å². The van der Waals surface area contributed by atoms with E-state index in [0.717, 1.165) is 11.4 Å². The molecular formula is C11H9N2O. The van der Waals surface area contributed by atoms with E-state index < -0.39 is 0 Å². The Morgan fingerprint density at radius 3 is 2.71 bits per heavy atom. The standard InChI is InChI=1S/C11H9N2O/c1-9-7-8-12-11(13-9)14-10-5-3-2-4-6-10/h2-6,8H,1H3. The molecule has 2 aromatic rings. The average molecular weight is 185 g/mol. The Morgan fingerprint density at radius 2 is 2.00 bits per heavy atom. The molecule has 0 saturated heterocycles. The van der Waals surface area contributed by atoms with Crippen molar-refractivity contribution < 1.29 is 4.74 Å². The molecule has 1 heterocycles. The second kappa shape index (κ2) is 3.87. The monoisotopic (exact) mass is 185 g/mol. The van der Waals surface area contributed by atoms with Gasteiger partial charge in [0, 0.05) is 12.3 Å². The van der Waals surface area contributed by atoms with Gasteiger partial charge in [-0.2, -0.15) is 4.98 Å². The molecule has 0 saturated carbocycles. The van der Waals surface area contributed by atoms with Gasteiger partial charge in [-0.15, -0.1) is 0 Å². The SMILES string of the molecule is Cc1[c]cnc(Oc2ccccc2)n1. The fourth-order valence-corrected chi connectivity index (χ4v) is 1.03. The zero-order valence-electron chi connectivity index (χ0n) is 7.77. The highest BCUT2D eigenvalue weighted by Gasteiger charge is 1.98. The Balaban J connectivity index is 2.19. The lowest BCUT2D eigenvalue weighted by molar-refractivity contribution is 0.440. The van der Waals surface area contributed by atoms with Crippen LogP contribution in [0.5, 0.6) is 11.8 Å². The van der Waals surface area contributed by atoms with Crippen molar-refractivity contribution in [3.8, 4) is 11.8 Å². The van der Waals surface area contributed by atoms with Crippen molar-refractivity contribution in [1.29, 1.82) is 0 Å². The van der Waals surface area contributed by atoms with Crippen LogP contribution in [0.15, 0.2) is 36.5 Å². The van der Waals surface area contributed by atoms with Gasteiger partial charge in [0.2, 0.25) is 0 Å². The number of hydrogen-bond donors (Lipinski definition) is 0. The van der Waals surface area contributed by atoms with Crippen LogP contribution in [0.1, 0.15) is 5.69 Å². The summed E-state index contributed by atoms with van der Waals surface area (Å²) in [6.45, 7) is 1.85. The van der Waals surface area contributed by atoms with Gasteiger partial charge in [-0.3, -0.25) is 0 Å². The van der Waals surface area contributed by atoms with Gasteiger partial charge in [0.05, 0.1) is 5.69 Å². The topological polar surface area (TPSA) is 35.0 Å². The quantitative estimate of drug-likeness (QED) is 0.720. The molecule has 0 amide bonds. The summed E-state index contributed by atoms with van der Waals surface area (Å²) in [6.07, 6.45) is 1.56. The summed E-state index contributed by atoms with van der Waals surface area (Å²) >= 11 is 0. The summed E-state index contributed by atoms with van der Waals surface area (Å²) in [6, 6.07) is 12.7. The molecule has 14 heavy (non-hydrogen) atoms. The summed E-state index contributed by atoms with van der Waals surface area (Å²) in [4.78, 5) is 8.03. The van der Waals surface area contributed by atoms with Crippen molar-refractivity contribution in [2.24, 2.45) is 0 Å². The van der Waals surface area contributed by atoms with E-state index in [0.29, 0.717) is 6.01 Å². The van der Waals surface area contributed by atoms with Crippen molar-refractivity contribution in [3.63, 3.8) is 0 Å². The first kappa shape index (κ1) is 8.69. The highest BCUT2D eigenvalue weighted by atomic mass is 16.5. The maximum atomic E-state index is 5.42. The van der Waals surface area contributed by atoms with Gasteiger partial charge in [-0.25, -0.2) is 4.98 Å². The Labute approximate surface area is 82.4 Å². The summed E-state index contributed by atoms with van der Waals surface area (Å²) in [5.74, 6) is 0.734. The molecule has 1 aromatic heterocycles. The van der Waals surface area contributed by atoms with Crippen LogP contribution < -0.4 is 4.74 Å². The zero-order chi connectivity index (χ0) is 9.80. The lowest BCUT2D eigenvalue weighted by atomic mass is 10.3. The van der Waals surface area contributed by atoms with Gasteiger partial charge in [0.1, 0.15) is 5.75 Å². The van der Waals surface area contributed by atoms with Crippen LogP contribution in [-0.4, -0.2) is 9.97 Å². The van der Waals surface area contributed by atoms with Crippen LogP contribution in [0.4, 0.5) is 0 Å². The van der Waals surface area contributed by atoms with Crippen LogP contribution in [0.3, 0.4) is 0 Å². The highest BCUT2D eigenvalue weighted by Crippen LogP contribution is 2.15. The third kappa shape index (κ3) is 2.07. The number of para-hydroxylation sites is 1. The minimum atomic E-state index is 0.354. The lowest BCUT2D eigenvalue weighted by Gasteiger charge is -2.02. The Kier molecular flexibility index (Phi) is 2.40. The fourth-order valence-electron chi connectivity index (χ4n) is 1.03. The fraction of sp³-hybridized carbons (Fsp3) is 0.0909. The molecule has 0 bridgehead atoms. The molecule has 0 spiro atoms. The van der Waals surface area contributed by atoms with Crippen molar-refractivity contribution in [1.82, 2.24) is 9.97 Å². The van der Waals surface area contributed by atoms with Crippen molar-refractivity contribution in [3.05, 3.63) is 48.3 Å². The van der Waals surface area contributed by atoms with Gasteiger partial charge in [0.25, 0.3) is 0 Å². The van der Waals surface area contributed by atoms with E-state index in [1.807, 2.05) is 37.3 Å². The number of hydrogen-bond acceptors (Lipinski definition) is 3. The van der Waals surface area contributed by atoms with E-state index in [2.05, 4.69) is 16.0 Å². The molecule has 0 fully saturated rings. The number of ether oxygens (including phenoxy) is 1. The van der Waals surface area contributed by atoms with E-state index >= 15 is 0 Å². The zero-order valence-corrected chi connectivity index (χ0v) is 7.77. The second-order valence-electron chi connectivity index (χ2n) is 2.80. The third-order valence-electron chi connectivity index (χ3n) is 1.66.